The highest BCUT2D eigenvalue weighted by Gasteiger charge is 2.42. The third kappa shape index (κ3) is 3.47. The summed E-state index contributed by atoms with van der Waals surface area (Å²) in [6.07, 6.45) is 3.97. The van der Waals surface area contributed by atoms with Gasteiger partial charge >= 0.3 is 12.0 Å². The molecule has 0 aromatic carbocycles. The average Bonchev–Trinajstić information content (AvgIpc) is 3.04. The Morgan fingerprint density at radius 2 is 2.40 bits per heavy atom. The second-order valence-corrected chi connectivity index (χ2v) is 6.28. The van der Waals surface area contributed by atoms with Crippen LogP contribution < -0.4 is 5.32 Å². The molecule has 0 aliphatic carbocycles. The van der Waals surface area contributed by atoms with E-state index in [1.165, 1.54) is 0 Å². The molecule has 1 unspecified atom stereocenters. The number of carboxylic acids is 1. The number of carbonyl (C=O) groups excluding carboxylic acids is 1. The quantitative estimate of drug-likeness (QED) is 0.808. The van der Waals surface area contributed by atoms with E-state index >= 15 is 0 Å². The third-order valence-electron chi connectivity index (χ3n) is 3.60. The third-order valence-corrected chi connectivity index (χ3v) is 4.44. The molecule has 20 heavy (non-hydrogen) atoms. The average molecular weight is 297 g/mol. The molecule has 1 saturated heterocycles. The van der Waals surface area contributed by atoms with Crippen molar-refractivity contribution in [1.82, 2.24) is 15.2 Å². The van der Waals surface area contributed by atoms with Crippen LogP contribution in [0.2, 0.25) is 0 Å². The van der Waals surface area contributed by atoms with E-state index in [1.807, 2.05) is 5.38 Å². The van der Waals surface area contributed by atoms with Crippen molar-refractivity contribution < 1.29 is 14.7 Å². The number of nitrogens with one attached hydrogen (secondary N) is 1. The van der Waals surface area contributed by atoms with Crippen LogP contribution in [0.1, 0.15) is 24.8 Å². The van der Waals surface area contributed by atoms with E-state index in [4.69, 9.17) is 5.11 Å². The molecule has 6 nitrogen and oxygen atoms in total. The van der Waals surface area contributed by atoms with E-state index in [9.17, 15) is 9.59 Å². The minimum atomic E-state index is -0.837. The highest BCUT2D eigenvalue weighted by molar-refractivity contribution is 7.09. The summed E-state index contributed by atoms with van der Waals surface area (Å²) in [6, 6.07) is -0.172. The molecule has 0 bridgehead atoms. The molecule has 7 heteroatoms. The Bertz CT molecular complexity index is 477. The molecule has 2 heterocycles. The molecule has 1 atom stereocenters. The highest BCUT2D eigenvalue weighted by atomic mass is 32.1. The Morgan fingerprint density at radius 3 is 3.00 bits per heavy atom. The van der Waals surface area contributed by atoms with E-state index < -0.39 is 11.4 Å². The Balaban J connectivity index is 1.69. The topological polar surface area (TPSA) is 82.5 Å². The zero-order chi connectivity index (χ0) is 14.6. The molecule has 0 radical (unpaired) electrons. The predicted octanol–water partition coefficient (Wildman–Crippen LogP) is 1.58. The van der Waals surface area contributed by atoms with Crippen LogP contribution in [0.3, 0.4) is 0 Å². The van der Waals surface area contributed by atoms with E-state index in [-0.39, 0.29) is 12.6 Å². The Kier molecular flexibility index (Phi) is 4.59. The fourth-order valence-electron chi connectivity index (χ4n) is 2.23. The van der Waals surface area contributed by atoms with Gasteiger partial charge in [-0.25, -0.2) is 9.78 Å². The number of amides is 2. The predicted molar refractivity (Wildman–Crippen MR) is 75.8 cm³/mol. The maximum atomic E-state index is 11.9. The van der Waals surface area contributed by atoms with Gasteiger partial charge in [0, 0.05) is 37.6 Å². The summed E-state index contributed by atoms with van der Waals surface area (Å²) in [5, 5.41) is 15.0. The molecule has 1 aromatic rings. The number of aryl methyl sites for hydroxylation is 1. The lowest BCUT2D eigenvalue weighted by atomic mass is 9.90. The lowest BCUT2D eigenvalue weighted by Crippen LogP contribution is -2.41. The minimum absolute atomic E-state index is 0.172. The zero-order valence-electron chi connectivity index (χ0n) is 11.5. The molecule has 110 valence electrons. The molecule has 1 aliphatic rings. The molecular formula is C13H19N3O3S. The SMILES string of the molecule is CC1(C(=O)O)CCN(C(=O)NCCCc2nccs2)C1. The first-order chi connectivity index (χ1) is 9.51. The van der Waals surface area contributed by atoms with Crippen LogP contribution in [0.5, 0.6) is 0 Å². The standard InChI is InChI=1S/C13H19N3O3S/c1-13(11(17)18)4-7-16(9-13)12(19)15-5-2-3-10-14-6-8-20-10/h6,8H,2-5,7,9H2,1H3,(H,15,19)(H,17,18). The summed E-state index contributed by atoms with van der Waals surface area (Å²) in [4.78, 5) is 28.8. The van der Waals surface area contributed by atoms with Crippen LogP contribution in [0.15, 0.2) is 11.6 Å². The van der Waals surface area contributed by atoms with Gasteiger partial charge in [-0.1, -0.05) is 0 Å². The van der Waals surface area contributed by atoms with Crippen LogP contribution in [-0.2, 0) is 11.2 Å². The molecule has 0 saturated carbocycles. The Hall–Kier alpha value is -1.63. The van der Waals surface area contributed by atoms with Crippen molar-refractivity contribution in [2.24, 2.45) is 5.41 Å². The Morgan fingerprint density at radius 1 is 1.60 bits per heavy atom. The van der Waals surface area contributed by atoms with Crippen molar-refractivity contribution in [3.05, 3.63) is 16.6 Å². The van der Waals surface area contributed by atoms with Crippen molar-refractivity contribution in [3.8, 4) is 0 Å². The number of hydrogen-bond acceptors (Lipinski definition) is 4. The summed E-state index contributed by atoms with van der Waals surface area (Å²) < 4.78 is 0. The molecule has 2 rings (SSSR count). The van der Waals surface area contributed by atoms with Gasteiger partial charge in [-0.2, -0.15) is 0 Å². The van der Waals surface area contributed by atoms with Crippen LogP contribution in [0, 0.1) is 5.41 Å². The molecule has 0 spiro atoms. The van der Waals surface area contributed by atoms with Crippen molar-refractivity contribution in [2.45, 2.75) is 26.2 Å². The van der Waals surface area contributed by atoms with Crippen LogP contribution >= 0.6 is 11.3 Å². The fourth-order valence-corrected chi connectivity index (χ4v) is 2.89. The van der Waals surface area contributed by atoms with Crippen molar-refractivity contribution in [1.29, 1.82) is 0 Å². The number of aromatic nitrogens is 1. The van der Waals surface area contributed by atoms with Crippen LogP contribution in [0.25, 0.3) is 0 Å². The normalized spacial score (nSPS) is 21.9. The van der Waals surface area contributed by atoms with Gasteiger partial charge in [0.05, 0.1) is 10.4 Å². The number of carboxylic acid groups (broad SMARTS) is 1. The second kappa shape index (κ2) is 6.21. The Labute approximate surface area is 121 Å². The smallest absolute Gasteiger partial charge is 0.317 e. The largest absolute Gasteiger partial charge is 0.481 e. The monoisotopic (exact) mass is 297 g/mol. The van der Waals surface area contributed by atoms with Gasteiger partial charge in [-0.05, 0) is 19.8 Å². The van der Waals surface area contributed by atoms with Gasteiger partial charge < -0.3 is 15.3 Å². The van der Waals surface area contributed by atoms with Crippen molar-refractivity contribution >= 4 is 23.3 Å². The lowest BCUT2D eigenvalue weighted by molar-refractivity contribution is -0.146. The maximum Gasteiger partial charge on any atom is 0.317 e. The number of likely N-dealkylation sites (tertiary alicyclic amines) is 1. The minimum Gasteiger partial charge on any atom is -0.481 e. The van der Waals surface area contributed by atoms with Crippen molar-refractivity contribution in [2.75, 3.05) is 19.6 Å². The summed E-state index contributed by atoms with van der Waals surface area (Å²) in [7, 11) is 0. The fraction of sp³-hybridized carbons (Fsp3) is 0.615. The highest BCUT2D eigenvalue weighted by Crippen LogP contribution is 2.29. The number of urea groups is 1. The summed E-state index contributed by atoms with van der Waals surface area (Å²) >= 11 is 1.61. The number of aliphatic carboxylic acids is 1. The number of thiazole rings is 1. The molecule has 1 aliphatic heterocycles. The first-order valence-corrected chi connectivity index (χ1v) is 7.54. The maximum absolute atomic E-state index is 11.9. The van der Waals surface area contributed by atoms with Crippen LogP contribution in [-0.4, -0.2) is 46.6 Å². The lowest BCUT2D eigenvalue weighted by Gasteiger charge is -2.20. The van der Waals surface area contributed by atoms with Gasteiger partial charge in [0.1, 0.15) is 0 Å². The summed E-state index contributed by atoms with van der Waals surface area (Å²) in [6.45, 7) is 3.05. The second-order valence-electron chi connectivity index (χ2n) is 5.30. The van der Waals surface area contributed by atoms with Crippen LogP contribution in [0.4, 0.5) is 4.79 Å². The van der Waals surface area contributed by atoms with E-state index in [0.717, 1.165) is 17.8 Å². The first kappa shape index (κ1) is 14.8. The van der Waals surface area contributed by atoms with E-state index in [1.54, 1.807) is 29.4 Å². The van der Waals surface area contributed by atoms with Crippen molar-refractivity contribution in [3.63, 3.8) is 0 Å². The number of nitrogens with zero attached hydrogens (tertiary/aromatic N) is 2. The molecule has 1 aromatic heterocycles. The molecular weight excluding hydrogens is 278 g/mol. The van der Waals surface area contributed by atoms with Gasteiger partial charge in [-0.3, -0.25) is 4.79 Å². The number of carbonyl (C=O) groups is 2. The van der Waals surface area contributed by atoms with E-state index in [2.05, 4.69) is 10.3 Å². The number of hydrogen-bond donors (Lipinski definition) is 2. The summed E-state index contributed by atoms with van der Waals surface area (Å²) in [5.74, 6) is -0.837. The first-order valence-electron chi connectivity index (χ1n) is 6.66. The molecule has 2 amide bonds. The van der Waals surface area contributed by atoms with Gasteiger partial charge in [0.25, 0.3) is 0 Å². The van der Waals surface area contributed by atoms with Gasteiger partial charge in [-0.15, -0.1) is 11.3 Å². The molecule has 1 fully saturated rings. The van der Waals surface area contributed by atoms with Gasteiger partial charge in [0.15, 0.2) is 0 Å². The van der Waals surface area contributed by atoms with E-state index in [0.29, 0.717) is 19.5 Å². The zero-order valence-corrected chi connectivity index (χ0v) is 12.3. The van der Waals surface area contributed by atoms with Gasteiger partial charge in [0.2, 0.25) is 0 Å². The number of rotatable bonds is 5. The summed E-state index contributed by atoms with van der Waals surface area (Å²) in [5.41, 5.74) is -0.807. The molecule has 2 N–H and O–H groups in total.